The Labute approximate surface area is 78.6 Å². The van der Waals surface area contributed by atoms with Crippen LogP contribution in [0, 0.1) is 0 Å². The SMILES string of the molecule is OC(O)CCN[C@H]1CC[C@H](O)CC1. The van der Waals surface area contributed by atoms with Gasteiger partial charge in [0.2, 0.25) is 0 Å². The Morgan fingerprint density at radius 2 is 1.77 bits per heavy atom. The summed E-state index contributed by atoms with van der Waals surface area (Å²) in [7, 11) is 0. The summed E-state index contributed by atoms with van der Waals surface area (Å²) >= 11 is 0. The fraction of sp³-hybridized carbons (Fsp3) is 1.00. The summed E-state index contributed by atoms with van der Waals surface area (Å²) in [6.45, 7) is 0.637. The van der Waals surface area contributed by atoms with Crippen molar-refractivity contribution in [1.29, 1.82) is 0 Å². The van der Waals surface area contributed by atoms with Gasteiger partial charge in [-0.1, -0.05) is 0 Å². The van der Waals surface area contributed by atoms with Gasteiger partial charge in [0.1, 0.15) is 0 Å². The molecule has 0 aliphatic heterocycles. The molecule has 4 N–H and O–H groups in total. The maximum Gasteiger partial charge on any atom is 0.152 e. The molecule has 78 valence electrons. The standard InChI is InChI=1S/C9H19NO3/c11-8-3-1-7(2-4-8)10-6-5-9(12)13/h7-13H,1-6H2/t7-,8-. The van der Waals surface area contributed by atoms with Gasteiger partial charge >= 0.3 is 0 Å². The summed E-state index contributed by atoms with van der Waals surface area (Å²) in [6, 6.07) is 0.446. The molecule has 0 amide bonds. The summed E-state index contributed by atoms with van der Waals surface area (Å²) < 4.78 is 0. The molecular weight excluding hydrogens is 170 g/mol. The largest absolute Gasteiger partial charge is 0.393 e. The first-order chi connectivity index (χ1) is 6.18. The summed E-state index contributed by atoms with van der Waals surface area (Å²) in [4.78, 5) is 0. The molecule has 0 atom stereocenters. The fourth-order valence-electron chi connectivity index (χ4n) is 1.70. The zero-order valence-electron chi connectivity index (χ0n) is 7.82. The van der Waals surface area contributed by atoms with Crippen LogP contribution in [0.3, 0.4) is 0 Å². The van der Waals surface area contributed by atoms with Crippen LogP contribution in [0.5, 0.6) is 0 Å². The normalized spacial score (nSPS) is 29.5. The maximum atomic E-state index is 9.23. The van der Waals surface area contributed by atoms with E-state index in [1.165, 1.54) is 0 Å². The van der Waals surface area contributed by atoms with Crippen molar-refractivity contribution in [1.82, 2.24) is 5.32 Å². The molecule has 0 saturated heterocycles. The van der Waals surface area contributed by atoms with Crippen molar-refractivity contribution >= 4 is 0 Å². The Balaban J connectivity index is 2.02. The predicted molar refractivity (Wildman–Crippen MR) is 49.1 cm³/mol. The predicted octanol–water partition coefficient (Wildman–Crippen LogP) is -0.420. The van der Waals surface area contributed by atoms with E-state index < -0.39 is 6.29 Å². The van der Waals surface area contributed by atoms with Gasteiger partial charge in [0, 0.05) is 19.0 Å². The summed E-state index contributed by atoms with van der Waals surface area (Å²) in [5, 5.41) is 29.7. The number of hydrogen-bond donors (Lipinski definition) is 4. The highest BCUT2D eigenvalue weighted by atomic mass is 16.5. The van der Waals surface area contributed by atoms with Gasteiger partial charge in [0.15, 0.2) is 6.29 Å². The molecule has 0 radical (unpaired) electrons. The van der Waals surface area contributed by atoms with E-state index in [-0.39, 0.29) is 6.10 Å². The smallest absolute Gasteiger partial charge is 0.152 e. The molecule has 1 aliphatic rings. The second kappa shape index (κ2) is 5.54. The second-order valence-corrected chi connectivity index (χ2v) is 3.73. The Bertz CT molecular complexity index is 133. The fourth-order valence-corrected chi connectivity index (χ4v) is 1.70. The van der Waals surface area contributed by atoms with Crippen molar-refractivity contribution in [3.63, 3.8) is 0 Å². The maximum absolute atomic E-state index is 9.23. The average molecular weight is 189 g/mol. The van der Waals surface area contributed by atoms with Crippen molar-refractivity contribution in [2.24, 2.45) is 0 Å². The summed E-state index contributed by atoms with van der Waals surface area (Å²) in [5.74, 6) is 0. The zero-order chi connectivity index (χ0) is 9.68. The van der Waals surface area contributed by atoms with Gasteiger partial charge < -0.3 is 20.6 Å². The van der Waals surface area contributed by atoms with E-state index in [9.17, 15) is 5.11 Å². The van der Waals surface area contributed by atoms with Crippen molar-refractivity contribution in [3.05, 3.63) is 0 Å². The van der Waals surface area contributed by atoms with Gasteiger partial charge in [0.05, 0.1) is 6.10 Å². The van der Waals surface area contributed by atoms with Crippen LogP contribution in [0.2, 0.25) is 0 Å². The summed E-state index contributed by atoms with van der Waals surface area (Å²) in [5.41, 5.74) is 0. The molecule has 0 aromatic carbocycles. The minimum absolute atomic E-state index is 0.124. The van der Waals surface area contributed by atoms with Gasteiger partial charge in [-0.2, -0.15) is 0 Å². The van der Waals surface area contributed by atoms with Gasteiger partial charge in [0.25, 0.3) is 0 Å². The molecule has 1 saturated carbocycles. The number of hydrogen-bond acceptors (Lipinski definition) is 4. The lowest BCUT2D eigenvalue weighted by atomic mass is 9.93. The van der Waals surface area contributed by atoms with Crippen LogP contribution in [0.25, 0.3) is 0 Å². The van der Waals surface area contributed by atoms with Crippen LogP contribution in [0.4, 0.5) is 0 Å². The van der Waals surface area contributed by atoms with Crippen LogP contribution < -0.4 is 5.32 Å². The summed E-state index contributed by atoms with van der Waals surface area (Å²) in [6.07, 6.45) is 2.74. The Kier molecular flexibility index (Phi) is 4.66. The highest BCUT2D eigenvalue weighted by Gasteiger charge is 2.18. The van der Waals surface area contributed by atoms with Gasteiger partial charge in [-0.05, 0) is 25.7 Å². The van der Waals surface area contributed by atoms with E-state index in [0.29, 0.717) is 19.0 Å². The molecule has 0 bridgehead atoms. The topological polar surface area (TPSA) is 72.7 Å². The number of aliphatic hydroxyl groups is 3. The third-order valence-corrected chi connectivity index (χ3v) is 2.53. The third-order valence-electron chi connectivity index (χ3n) is 2.53. The van der Waals surface area contributed by atoms with Crippen LogP contribution in [-0.2, 0) is 0 Å². The minimum Gasteiger partial charge on any atom is -0.393 e. The molecular formula is C9H19NO3. The molecule has 1 aliphatic carbocycles. The lowest BCUT2D eigenvalue weighted by Crippen LogP contribution is -2.36. The first kappa shape index (κ1) is 10.9. The second-order valence-electron chi connectivity index (χ2n) is 3.73. The molecule has 4 heteroatoms. The first-order valence-electron chi connectivity index (χ1n) is 4.96. The highest BCUT2D eigenvalue weighted by Crippen LogP contribution is 2.17. The van der Waals surface area contributed by atoms with E-state index in [2.05, 4.69) is 5.32 Å². The average Bonchev–Trinajstić information content (AvgIpc) is 2.08. The lowest BCUT2D eigenvalue weighted by Gasteiger charge is -2.26. The zero-order valence-corrected chi connectivity index (χ0v) is 7.82. The van der Waals surface area contributed by atoms with Crippen LogP contribution in [-0.4, -0.2) is 40.3 Å². The van der Waals surface area contributed by atoms with E-state index in [0.717, 1.165) is 25.7 Å². The molecule has 0 aromatic heterocycles. The van der Waals surface area contributed by atoms with Crippen LogP contribution >= 0.6 is 0 Å². The van der Waals surface area contributed by atoms with Gasteiger partial charge in [-0.25, -0.2) is 0 Å². The number of rotatable bonds is 4. The van der Waals surface area contributed by atoms with E-state index in [1.807, 2.05) is 0 Å². The Morgan fingerprint density at radius 1 is 1.15 bits per heavy atom. The van der Waals surface area contributed by atoms with E-state index in [4.69, 9.17) is 10.2 Å². The molecule has 1 fully saturated rings. The van der Waals surface area contributed by atoms with Crippen molar-refractivity contribution < 1.29 is 15.3 Å². The van der Waals surface area contributed by atoms with Gasteiger partial charge in [-0.3, -0.25) is 0 Å². The van der Waals surface area contributed by atoms with Crippen molar-refractivity contribution in [2.75, 3.05) is 6.54 Å². The molecule has 0 heterocycles. The van der Waals surface area contributed by atoms with E-state index in [1.54, 1.807) is 0 Å². The van der Waals surface area contributed by atoms with Gasteiger partial charge in [-0.15, -0.1) is 0 Å². The van der Waals surface area contributed by atoms with Crippen molar-refractivity contribution in [3.8, 4) is 0 Å². The molecule has 4 nitrogen and oxygen atoms in total. The molecule has 13 heavy (non-hydrogen) atoms. The van der Waals surface area contributed by atoms with Crippen LogP contribution in [0.1, 0.15) is 32.1 Å². The lowest BCUT2D eigenvalue weighted by molar-refractivity contribution is -0.0450. The molecule has 0 unspecified atom stereocenters. The monoisotopic (exact) mass is 189 g/mol. The third kappa shape index (κ3) is 4.57. The highest BCUT2D eigenvalue weighted by molar-refractivity contribution is 4.76. The quantitative estimate of drug-likeness (QED) is 0.453. The molecule has 1 rings (SSSR count). The molecule has 0 aromatic rings. The Hall–Kier alpha value is -0.160. The first-order valence-corrected chi connectivity index (χ1v) is 4.96. The van der Waals surface area contributed by atoms with Crippen LogP contribution in [0.15, 0.2) is 0 Å². The number of nitrogens with one attached hydrogen (secondary N) is 1. The van der Waals surface area contributed by atoms with E-state index >= 15 is 0 Å². The minimum atomic E-state index is -1.21. The molecule has 0 spiro atoms. The Morgan fingerprint density at radius 3 is 2.31 bits per heavy atom. The number of aliphatic hydroxyl groups excluding tert-OH is 2. The van der Waals surface area contributed by atoms with Crippen molar-refractivity contribution in [2.45, 2.75) is 50.5 Å².